The fourth-order valence-corrected chi connectivity index (χ4v) is 4.72. The summed E-state index contributed by atoms with van der Waals surface area (Å²) in [6.45, 7) is 3.88. The van der Waals surface area contributed by atoms with Crippen LogP contribution in [-0.2, 0) is 10.0 Å². The third-order valence-corrected chi connectivity index (χ3v) is 7.58. The number of sulfonamides is 1. The zero-order valence-corrected chi connectivity index (χ0v) is 20.4. The van der Waals surface area contributed by atoms with Crippen LogP contribution in [-0.4, -0.2) is 40.1 Å². The van der Waals surface area contributed by atoms with E-state index in [1.165, 1.54) is 35.2 Å². The summed E-state index contributed by atoms with van der Waals surface area (Å²) < 4.78 is 27.1. The Labute approximate surface area is 203 Å². The third-order valence-electron chi connectivity index (χ3n) is 5.04. The number of carbonyl (C=O) groups is 2. The fraction of sp³-hybridized carbons (Fsp3) is 0.120. The Morgan fingerprint density at radius 2 is 1.62 bits per heavy atom. The number of amides is 2. The Morgan fingerprint density at radius 3 is 2.24 bits per heavy atom. The number of nitrogens with zero attached hydrogens (tertiary/aromatic N) is 1. The molecule has 3 aromatic rings. The minimum Gasteiger partial charge on any atom is -0.349 e. The maximum absolute atomic E-state index is 13.0. The SMILES string of the molecule is C=CCNC(=O)c1ccccc1NC(=O)c1ccc(N(C)S(=O)(=O)c2ccc(SC)cc2)cc1. The summed E-state index contributed by atoms with van der Waals surface area (Å²) in [5.74, 6) is -0.753. The number of hydrogen-bond acceptors (Lipinski definition) is 5. The number of benzene rings is 3. The molecule has 0 bridgehead atoms. The molecule has 0 radical (unpaired) electrons. The molecule has 0 saturated heterocycles. The Balaban J connectivity index is 1.76. The predicted octanol–water partition coefficient (Wildman–Crippen LogP) is 4.40. The highest BCUT2D eigenvalue weighted by Crippen LogP contribution is 2.25. The van der Waals surface area contributed by atoms with Crippen molar-refractivity contribution in [1.29, 1.82) is 0 Å². The van der Waals surface area contributed by atoms with E-state index < -0.39 is 15.9 Å². The molecule has 0 aliphatic rings. The monoisotopic (exact) mass is 495 g/mol. The molecule has 7 nitrogen and oxygen atoms in total. The second kappa shape index (κ2) is 11.0. The van der Waals surface area contributed by atoms with Crippen LogP contribution >= 0.6 is 11.8 Å². The van der Waals surface area contributed by atoms with E-state index in [0.717, 1.165) is 4.90 Å². The summed E-state index contributed by atoms with van der Waals surface area (Å²) in [5.41, 5.74) is 1.43. The molecule has 0 saturated carbocycles. The molecule has 0 fully saturated rings. The summed E-state index contributed by atoms with van der Waals surface area (Å²) in [5, 5.41) is 5.42. The Bertz CT molecular complexity index is 1290. The lowest BCUT2D eigenvalue weighted by Gasteiger charge is -2.20. The first-order valence-electron chi connectivity index (χ1n) is 10.3. The molecule has 2 N–H and O–H groups in total. The van der Waals surface area contributed by atoms with Crippen LogP contribution in [0.15, 0.2) is 95.2 Å². The van der Waals surface area contributed by atoms with Crippen LogP contribution in [0.25, 0.3) is 0 Å². The van der Waals surface area contributed by atoms with Gasteiger partial charge in [0.05, 0.1) is 21.8 Å². The molecule has 0 unspecified atom stereocenters. The van der Waals surface area contributed by atoms with Gasteiger partial charge in [-0.25, -0.2) is 8.42 Å². The molecule has 9 heteroatoms. The summed E-state index contributed by atoms with van der Waals surface area (Å²) in [7, 11) is -2.29. The van der Waals surface area contributed by atoms with Crippen molar-refractivity contribution in [3.8, 4) is 0 Å². The van der Waals surface area contributed by atoms with Crippen molar-refractivity contribution in [2.45, 2.75) is 9.79 Å². The van der Waals surface area contributed by atoms with Crippen molar-refractivity contribution < 1.29 is 18.0 Å². The van der Waals surface area contributed by atoms with Gasteiger partial charge in [0.25, 0.3) is 21.8 Å². The summed E-state index contributed by atoms with van der Waals surface area (Å²) in [6, 6.07) is 19.5. The molecular formula is C25H25N3O4S2. The molecule has 0 aliphatic heterocycles. The minimum atomic E-state index is -3.75. The van der Waals surface area contributed by atoms with Gasteiger partial charge >= 0.3 is 0 Å². The second-order valence-electron chi connectivity index (χ2n) is 7.19. The maximum Gasteiger partial charge on any atom is 0.264 e. The van der Waals surface area contributed by atoms with E-state index in [2.05, 4.69) is 17.2 Å². The summed E-state index contributed by atoms with van der Waals surface area (Å²) in [6.07, 6.45) is 3.49. The zero-order chi connectivity index (χ0) is 24.7. The molecule has 0 aliphatic carbocycles. The Morgan fingerprint density at radius 1 is 0.971 bits per heavy atom. The third kappa shape index (κ3) is 5.67. The largest absolute Gasteiger partial charge is 0.349 e. The van der Waals surface area contributed by atoms with Crippen LogP contribution in [0.5, 0.6) is 0 Å². The van der Waals surface area contributed by atoms with E-state index in [0.29, 0.717) is 29.0 Å². The van der Waals surface area contributed by atoms with Gasteiger partial charge in [0.1, 0.15) is 0 Å². The zero-order valence-electron chi connectivity index (χ0n) is 18.8. The average molecular weight is 496 g/mol. The molecule has 0 spiro atoms. The van der Waals surface area contributed by atoms with Crippen molar-refractivity contribution in [2.75, 3.05) is 29.5 Å². The van der Waals surface area contributed by atoms with Crippen molar-refractivity contribution in [3.63, 3.8) is 0 Å². The van der Waals surface area contributed by atoms with E-state index in [-0.39, 0.29) is 10.8 Å². The highest BCUT2D eigenvalue weighted by molar-refractivity contribution is 7.98. The minimum absolute atomic E-state index is 0.181. The fourth-order valence-electron chi connectivity index (χ4n) is 3.11. The summed E-state index contributed by atoms with van der Waals surface area (Å²) in [4.78, 5) is 26.3. The molecule has 0 heterocycles. The molecule has 34 heavy (non-hydrogen) atoms. The highest BCUT2D eigenvalue weighted by Gasteiger charge is 2.21. The quantitative estimate of drug-likeness (QED) is 0.339. The molecule has 0 atom stereocenters. The number of thioether (sulfide) groups is 1. The smallest absolute Gasteiger partial charge is 0.264 e. The molecule has 176 valence electrons. The number of anilines is 2. The normalized spacial score (nSPS) is 10.9. The van der Waals surface area contributed by atoms with Crippen molar-refractivity contribution in [1.82, 2.24) is 5.32 Å². The predicted molar refractivity (Wildman–Crippen MR) is 137 cm³/mol. The summed E-state index contributed by atoms with van der Waals surface area (Å²) >= 11 is 1.53. The van der Waals surface area contributed by atoms with E-state index >= 15 is 0 Å². The number of nitrogens with one attached hydrogen (secondary N) is 2. The van der Waals surface area contributed by atoms with Crippen molar-refractivity contribution in [3.05, 3.63) is 96.6 Å². The van der Waals surface area contributed by atoms with Crippen molar-refractivity contribution >= 4 is 45.0 Å². The van der Waals surface area contributed by atoms with E-state index in [1.54, 1.807) is 66.7 Å². The lowest BCUT2D eigenvalue weighted by molar-refractivity contribution is 0.0959. The van der Waals surface area contributed by atoms with E-state index in [4.69, 9.17) is 0 Å². The number of rotatable bonds is 9. The topological polar surface area (TPSA) is 95.6 Å². The standard InChI is InChI=1S/C25H25N3O4S2/c1-4-17-26-25(30)22-7-5-6-8-23(22)27-24(29)18-9-11-19(12-10-18)28(2)34(31,32)21-15-13-20(33-3)14-16-21/h4-16H,1,17H2,2-3H3,(H,26,30)(H,27,29). The van der Waals surface area contributed by atoms with Gasteiger partial charge in [-0.3, -0.25) is 13.9 Å². The number of carbonyl (C=O) groups excluding carboxylic acids is 2. The molecule has 0 aromatic heterocycles. The van der Waals surface area contributed by atoms with Crippen LogP contribution in [0, 0.1) is 0 Å². The van der Waals surface area contributed by atoms with E-state index in [1.807, 2.05) is 6.26 Å². The second-order valence-corrected chi connectivity index (χ2v) is 10.0. The van der Waals surface area contributed by atoms with Gasteiger partial charge in [-0.15, -0.1) is 18.3 Å². The molecule has 3 aromatic carbocycles. The lowest BCUT2D eigenvalue weighted by Crippen LogP contribution is -2.26. The van der Waals surface area contributed by atoms with Crippen LogP contribution in [0.1, 0.15) is 20.7 Å². The first-order chi connectivity index (χ1) is 16.3. The van der Waals surface area contributed by atoms with Crippen molar-refractivity contribution in [2.24, 2.45) is 0 Å². The molecular weight excluding hydrogens is 470 g/mol. The first kappa shape index (κ1) is 25.1. The van der Waals surface area contributed by atoms with Gasteiger partial charge in [-0.2, -0.15) is 0 Å². The Hall–Kier alpha value is -3.56. The van der Waals surface area contributed by atoms with Crippen LogP contribution in [0.2, 0.25) is 0 Å². The first-order valence-corrected chi connectivity index (χ1v) is 13.0. The number of hydrogen-bond donors (Lipinski definition) is 2. The number of para-hydroxylation sites is 1. The highest BCUT2D eigenvalue weighted by atomic mass is 32.2. The van der Waals surface area contributed by atoms with Crippen LogP contribution in [0.4, 0.5) is 11.4 Å². The van der Waals surface area contributed by atoms with Gasteiger partial charge < -0.3 is 10.6 Å². The lowest BCUT2D eigenvalue weighted by atomic mass is 10.1. The average Bonchev–Trinajstić information content (AvgIpc) is 2.87. The van der Waals surface area contributed by atoms with Gasteiger partial charge in [-0.05, 0) is 66.9 Å². The van der Waals surface area contributed by atoms with Crippen LogP contribution < -0.4 is 14.9 Å². The maximum atomic E-state index is 13.0. The van der Waals surface area contributed by atoms with E-state index in [9.17, 15) is 18.0 Å². The van der Waals surface area contributed by atoms with Gasteiger partial charge in [0, 0.05) is 24.1 Å². The van der Waals surface area contributed by atoms with Crippen LogP contribution in [0.3, 0.4) is 0 Å². The Kier molecular flexibility index (Phi) is 8.14. The molecule has 3 rings (SSSR count). The van der Waals surface area contributed by atoms with Gasteiger partial charge in [0.2, 0.25) is 0 Å². The van der Waals surface area contributed by atoms with Gasteiger partial charge in [0.15, 0.2) is 0 Å². The van der Waals surface area contributed by atoms with Gasteiger partial charge in [-0.1, -0.05) is 18.2 Å². The molecule has 2 amide bonds.